The van der Waals surface area contributed by atoms with E-state index in [9.17, 15) is 9.59 Å². The van der Waals surface area contributed by atoms with Crippen molar-refractivity contribution in [2.45, 2.75) is 6.92 Å². The van der Waals surface area contributed by atoms with E-state index in [0.29, 0.717) is 54.7 Å². The second kappa shape index (κ2) is 10.3. The predicted octanol–water partition coefficient (Wildman–Crippen LogP) is 3.45. The lowest BCUT2D eigenvalue weighted by Crippen LogP contribution is -2.40. The molecule has 1 N–H and O–H groups in total. The summed E-state index contributed by atoms with van der Waals surface area (Å²) in [4.78, 5) is 32.0. The van der Waals surface area contributed by atoms with Gasteiger partial charge in [-0.05, 0) is 55.0 Å². The molecular weight excluding hydrogens is 474 g/mol. The van der Waals surface area contributed by atoms with E-state index in [1.165, 1.54) is 0 Å². The van der Waals surface area contributed by atoms with Gasteiger partial charge in [-0.1, -0.05) is 0 Å². The van der Waals surface area contributed by atoms with E-state index < -0.39 is 0 Å². The third-order valence-electron chi connectivity index (χ3n) is 6.28. The zero-order valence-electron chi connectivity index (χ0n) is 20.9. The molecule has 10 nitrogen and oxygen atoms in total. The number of methoxy groups -OCH3 is 2. The van der Waals surface area contributed by atoms with Gasteiger partial charge in [0, 0.05) is 42.2 Å². The number of morpholine rings is 1. The molecule has 0 atom stereocenters. The van der Waals surface area contributed by atoms with Gasteiger partial charge in [0.15, 0.2) is 22.8 Å². The Labute approximate surface area is 213 Å². The van der Waals surface area contributed by atoms with Crippen molar-refractivity contribution in [2.75, 3.05) is 45.8 Å². The lowest BCUT2D eigenvalue weighted by molar-refractivity contribution is 0.0302. The molecule has 2 aromatic carbocycles. The number of aromatic nitrogens is 3. The zero-order chi connectivity index (χ0) is 25.9. The van der Waals surface area contributed by atoms with Crippen molar-refractivity contribution >= 4 is 23.1 Å². The van der Waals surface area contributed by atoms with E-state index in [1.807, 2.05) is 31.2 Å². The van der Waals surface area contributed by atoms with Gasteiger partial charge >= 0.3 is 0 Å². The molecule has 0 spiro atoms. The number of rotatable bonds is 6. The summed E-state index contributed by atoms with van der Waals surface area (Å²) in [7, 11) is 3.16. The normalized spacial score (nSPS) is 13.4. The number of fused-ring (bicyclic) bond motifs is 1. The van der Waals surface area contributed by atoms with Gasteiger partial charge in [0.25, 0.3) is 11.8 Å². The fourth-order valence-electron chi connectivity index (χ4n) is 4.33. The Morgan fingerprint density at radius 3 is 2.49 bits per heavy atom. The van der Waals surface area contributed by atoms with Crippen LogP contribution in [-0.4, -0.2) is 71.8 Å². The first-order valence-corrected chi connectivity index (χ1v) is 11.8. The number of hydrogen-bond donors (Lipinski definition) is 1. The molecule has 10 heteroatoms. The summed E-state index contributed by atoms with van der Waals surface area (Å²) in [6.07, 6.45) is 1.66. The number of ether oxygens (including phenoxy) is 3. The average Bonchev–Trinajstić information content (AvgIpc) is 3.38. The highest BCUT2D eigenvalue weighted by Crippen LogP contribution is 2.32. The minimum Gasteiger partial charge on any atom is -0.493 e. The quantitative estimate of drug-likeness (QED) is 0.431. The molecule has 1 saturated heterocycles. The van der Waals surface area contributed by atoms with Crippen LogP contribution in [0.5, 0.6) is 11.5 Å². The molecule has 0 aliphatic carbocycles. The van der Waals surface area contributed by atoms with Gasteiger partial charge in [0.05, 0.1) is 33.1 Å². The average molecular weight is 502 g/mol. The monoisotopic (exact) mass is 501 g/mol. The van der Waals surface area contributed by atoms with Crippen molar-refractivity contribution in [1.82, 2.24) is 19.5 Å². The number of carbonyl (C=O) groups is 2. The molecule has 5 rings (SSSR count). The largest absolute Gasteiger partial charge is 0.493 e. The van der Waals surface area contributed by atoms with Crippen molar-refractivity contribution in [1.29, 1.82) is 0 Å². The summed E-state index contributed by atoms with van der Waals surface area (Å²) < 4.78 is 17.7. The SMILES string of the molecule is COc1ccc(-c2ccnc3cc(C(=O)Nc4ccc(C(=O)N5CCOCC5)c(C)c4)nn23)cc1OC. The van der Waals surface area contributed by atoms with Crippen molar-refractivity contribution in [3.63, 3.8) is 0 Å². The topological polar surface area (TPSA) is 107 Å². The fourth-order valence-corrected chi connectivity index (χ4v) is 4.33. The van der Waals surface area contributed by atoms with E-state index in [-0.39, 0.29) is 17.5 Å². The fraction of sp³-hybridized carbons (Fsp3) is 0.259. The highest BCUT2D eigenvalue weighted by atomic mass is 16.5. The van der Waals surface area contributed by atoms with Crippen LogP contribution < -0.4 is 14.8 Å². The lowest BCUT2D eigenvalue weighted by atomic mass is 10.1. The van der Waals surface area contributed by atoms with Crippen LogP contribution >= 0.6 is 0 Å². The van der Waals surface area contributed by atoms with Gasteiger partial charge < -0.3 is 24.4 Å². The standard InChI is InChI=1S/C27H27N5O5/c1-17-14-19(5-6-20(17)27(34)31-10-12-37-13-11-31)29-26(33)21-16-25-28-9-8-22(32(25)30-21)18-4-7-23(35-2)24(15-18)36-3/h4-9,14-16H,10-13H2,1-3H3,(H,29,33). The van der Waals surface area contributed by atoms with E-state index in [1.54, 1.807) is 54.1 Å². The number of nitrogens with zero attached hydrogens (tertiary/aromatic N) is 4. The summed E-state index contributed by atoms with van der Waals surface area (Å²) >= 11 is 0. The Hall–Kier alpha value is -4.44. The summed E-state index contributed by atoms with van der Waals surface area (Å²) in [6.45, 7) is 4.09. The van der Waals surface area contributed by atoms with Crippen molar-refractivity contribution in [2.24, 2.45) is 0 Å². The molecule has 1 aliphatic rings. The summed E-state index contributed by atoms with van der Waals surface area (Å²) in [5.41, 5.74) is 4.28. The number of amides is 2. The molecule has 0 bridgehead atoms. The maximum absolute atomic E-state index is 13.1. The first kappa shape index (κ1) is 24.3. The van der Waals surface area contributed by atoms with Gasteiger partial charge in [-0.15, -0.1) is 0 Å². The van der Waals surface area contributed by atoms with E-state index >= 15 is 0 Å². The molecule has 2 amide bonds. The molecule has 3 heterocycles. The molecule has 4 aromatic rings. The number of hydrogen-bond acceptors (Lipinski definition) is 7. The number of nitrogens with one attached hydrogen (secondary N) is 1. The Morgan fingerprint density at radius 2 is 1.76 bits per heavy atom. The Balaban J connectivity index is 1.38. The van der Waals surface area contributed by atoms with Crippen molar-refractivity contribution in [3.05, 3.63) is 71.5 Å². The smallest absolute Gasteiger partial charge is 0.276 e. The number of anilines is 1. The van der Waals surface area contributed by atoms with Crippen LogP contribution in [0.15, 0.2) is 54.7 Å². The van der Waals surface area contributed by atoms with E-state index in [2.05, 4.69) is 15.4 Å². The molecule has 0 saturated carbocycles. The van der Waals surface area contributed by atoms with Gasteiger partial charge in [-0.3, -0.25) is 9.59 Å². The molecule has 2 aromatic heterocycles. The maximum atomic E-state index is 13.1. The highest BCUT2D eigenvalue weighted by molar-refractivity contribution is 6.04. The second-order valence-corrected chi connectivity index (χ2v) is 8.59. The predicted molar refractivity (Wildman–Crippen MR) is 137 cm³/mol. The lowest BCUT2D eigenvalue weighted by Gasteiger charge is -2.27. The Bertz CT molecular complexity index is 1480. The Morgan fingerprint density at radius 1 is 0.973 bits per heavy atom. The van der Waals surface area contributed by atoms with Crippen LogP contribution in [0.2, 0.25) is 0 Å². The third-order valence-corrected chi connectivity index (χ3v) is 6.28. The molecular formula is C27H27N5O5. The van der Waals surface area contributed by atoms with Crippen LogP contribution in [0.4, 0.5) is 5.69 Å². The first-order valence-electron chi connectivity index (χ1n) is 11.8. The van der Waals surface area contributed by atoms with Crippen molar-refractivity contribution < 1.29 is 23.8 Å². The summed E-state index contributed by atoms with van der Waals surface area (Å²) in [6, 6.07) is 14.2. The molecule has 1 fully saturated rings. The molecule has 1 aliphatic heterocycles. The molecule has 190 valence electrons. The minimum absolute atomic E-state index is 0.0345. The number of aryl methyl sites for hydroxylation is 1. The van der Waals surface area contributed by atoms with Gasteiger partial charge in [-0.2, -0.15) is 5.10 Å². The van der Waals surface area contributed by atoms with Crippen LogP contribution in [0, 0.1) is 6.92 Å². The van der Waals surface area contributed by atoms with Gasteiger partial charge in [0.2, 0.25) is 0 Å². The summed E-state index contributed by atoms with van der Waals surface area (Å²) in [5.74, 6) is 0.786. The number of carbonyl (C=O) groups excluding carboxylic acids is 2. The molecule has 37 heavy (non-hydrogen) atoms. The second-order valence-electron chi connectivity index (χ2n) is 8.59. The van der Waals surface area contributed by atoms with Crippen molar-refractivity contribution in [3.8, 4) is 22.8 Å². The maximum Gasteiger partial charge on any atom is 0.276 e. The van der Waals surface area contributed by atoms with E-state index in [0.717, 1.165) is 16.8 Å². The van der Waals surface area contributed by atoms with Gasteiger partial charge in [0.1, 0.15) is 0 Å². The first-order chi connectivity index (χ1) is 18.0. The number of benzene rings is 2. The third kappa shape index (κ3) is 4.83. The van der Waals surface area contributed by atoms with E-state index in [4.69, 9.17) is 14.2 Å². The highest BCUT2D eigenvalue weighted by Gasteiger charge is 2.21. The summed E-state index contributed by atoms with van der Waals surface area (Å²) in [5, 5.41) is 7.38. The Kier molecular flexibility index (Phi) is 6.74. The molecule has 0 radical (unpaired) electrons. The molecule has 0 unspecified atom stereocenters. The van der Waals surface area contributed by atoms with Crippen LogP contribution in [0.3, 0.4) is 0 Å². The van der Waals surface area contributed by atoms with Crippen LogP contribution in [-0.2, 0) is 4.74 Å². The van der Waals surface area contributed by atoms with Crippen LogP contribution in [0.25, 0.3) is 16.9 Å². The zero-order valence-corrected chi connectivity index (χ0v) is 20.9. The van der Waals surface area contributed by atoms with Gasteiger partial charge in [-0.25, -0.2) is 9.50 Å². The van der Waals surface area contributed by atoms with Crippen LogP contribution in [0.1, 0.15) is 26.4 Å². The minimum atomic E-state index is -0.379.